The topological polar surface area (TPSA) is 47.7 Å². The van der Waals surface area contributed by atoms with Crippen LogP contribution >= 0.6 is 0 Å². The first-order valence-corrected chi connectivity index (χ1v) is 7.17. The first kappa shape index (κ1) is 12.3. The zero-order valence-corrected chi connectivity index (χ0v) is 11.2. The van der Waals surface area contributed by atoms with Crippen molar-refractivity contribution in [3.63, 3.8) is 0 Å². The summed E-state index contributed by atoms with van der Waals surface area (Å²) < 4.78 is 4.24. The van der Waals surface area contributed by atoms with Crippen LogP contribution in [0.3, 0.4) is 0 Å². The molecule has 0 bridgehead atoms. The van der Waals surface area contributed by atoms with E-state index in [1.54, 1.807) is 0 Å². The van der Waals surface area contributed by atoms with Crippen molar-refractivity contribution in [1.82, 2.24) is 19.3 Å². The number of rotatable bonds is 5. The Hall–Kier alpha value is -1.78. The van der Waals surface area contributed by atoms with Crippen LogP contribution in [0.4, 0.5) is 5.95 Å². The van der Waals surface area contributed by atoms with Crippen LogP contribution in [0.15, 0.2) is 30.9 Å². The van der Waals surface area contributed by atoms with E-state index in [4.69, 9.17) is 0 Å². The second kappa shape index (κ2) is 5.91. The van der Waals surface area contributed by atoms with Gasteiger partial charge in [-0.25, -0.2) is 4.98 Å². The van der Waals surface area contributed by atoms with Crippen LogP contribution in [0, 0.1) is 0 Å². The van der Waals surface area contributed by atoms with Gasteiger partial charge in [-0.3, -0.25) is 4.68 Å². The van der Waals surface area contributed by atoms with Gasteiger partial charge in [0.15, 0.2) is 0 Å². The normalized spacial score (nSPS) is 16.6. The van der Waals surface area contributed by atoms with Crippen LogP contribution in [-0.2, 0) is 6.54 Å². The quantitative estimate of drug-likeness (QED) is 0.898. The Kier molecular flexibility index (Phi) is 3.81. The number of aromatic nitrogens is 4. The fourth-order valence-corrected chi connectivity index (χ4v) is 2.82. The average Bonchev–Trinajstić information content (AvgIpc) is 3.11. The zero-order valence-electron chi connectivity index (χ0n) is 11.2. The molecule has 3 rings (SSSR count). The summed E-state index contributed by atoms with van der Waals surface area (Å²) in [5, 5.41) is 7.62. The lowest BCUT2D eigenvalue weighted by molar-refractivity contribution is 0.355. The van der Waals surface area contributed by atoms with E-state index in [0.29, 0.717) is 6.04 Å². The molecule has 0 saturated heterocycles. The summed E-state index contributed by atoms with van der Waals surface area (Å²) in [5.74, 6) is 0.999. The molecule has 19 heavy (non-hydrogen) atoms. The van der Waals surface area contributed by atoms with Gasteiger partial charge in [0.1, 0.15) is 0 Å². The van der Waals surface area contributed by atoms with Gasteiger partial charge >= 0.3 is 0 Å². The third-order valence-electron chi connectivity index (χ3n) is 3.82. The molecule has 102 valence electrons. The van der Waals surface area contributed by atoms with Gasteiger partial charge in [-0.05, 0) is 18.9 Å². The van der Waals surface area contributed by atoms with Crippen LogP contribution in [0.25, 0.3) is 0 Å². The second-order valence-electron chi connectivity index (χ2n) is 5.15. The number of nitrogens with one attached hydrogen (secondary N) is 1. The van der Waals surface area contributed by atoms with Gasteiger partial charge in [0.25, 0.3) is 0 Å². The predicted octanol–water partition coefficient (Wildman–Crippen LogP) is 2.70. The molecular weight excluding hydrogens is 238 g/mol. The van der Waals surface area contributed by atoms with Gasteiger partial charge < -0.3 is 9.88 Å². The molecule has 2 aromatic heterocycles. The van der Waals surface area contributed by atoms with Gasteiger partial charge in [0.2, 0.25) is 5.95 Å². The van der Waals surface area contributed by atoms with Gasteiger partial charge in [0, 0.05) is 37.4 Å². The van der Waals surface area contributed by atoms with Crippen LogP contribution < -0.4 is 5.32 Å². The fourth-order valence-electron chi connectivity index (χ4n) is 2.82. The standard InChI is InChI=1S/C14H21N5/c1-2-5-13(6-3-1)19-12-9-16-14(19)15-8-11-18-10-4-7-17-18/h4,7,9-10,12-13H,1-3,5-6,8,11H2,(H,15,16). The maximum Gasteiger partial charge on any atom is 0.203 e. The van der Waals surface area contributed by atoms with E-state index in [-0.39, 0.29) is 0 Å². The molecule has 0 spiro atoms. The van der Waals surface area contributed by atoms with Gasteiger partial charge in [-0.15, -0.1) is 0 Å². The van der Waals surface area contributed by atoms with E-state index < -0.39 is 0 Å². The Labute approximate surface area is 113 Å². The monoisotopic (exact) mass is 259 g/mol. The van der Waals surface area contributed by atoms with Crippen LogP contribution in [-0.4, -0.2) is 25.9 Å². The molecule has 0 amide bonds. The second-order valence-corrected chi connectivity index (χ2v) is 5.15. The first-order valence-electron chi connectivity index (χ1n) is 7.17. The van der Waals surface area contributed by atoms with E-state index in [0.717, 1.165) is 19.0 Å². The molecule has 2 aromatic rings. The third-order valence-corrected chi connectivity index (χ3v) is 3.82. The van der Waals surface area contributed by atoms with Crippen molar-refractivity contribution in [2.45, 2.75) is 44.7 Å². The molecular formula is C14H21N5. The molecule has 0 aliphatic heterocycles. The molecule has 0 atom stereocenters. The summed E-state index contributed by atoms with van der Waals surface area (Å²) in [6.07, 6.45) is 14.4. The van der Waals surface area contributed by atoms with Gasteiger partial charge in [-0.1, -0.05) is 19.3 Å². The first-order chi connectivity index (χ1) is 9.43. The van der Waals surface area contributed by atoms with Crippen molar-refractivity contribution >= 4 is 5.95 Å². The van der Waals surface area contributed by atoms with Crippen molar-refractivity contribution in [1.29, 1.82) is 0 Å². The molecule has 1 aliphatic rings. The lowest BCUT2D eigenvalue weighted by Crippen LogP contribution is -2.18. The molecule has 0 aromatic carbocycles. The Bertz CT molecular complexity index is 482. The summed E-state index contributed by atoms with van der Waals surface area (Å²) in [4.78, 5) is 4.43. The molecule has 1 saturated carbocycles. The minimum atomic E-state index is 0.628. The van der Waals surface area contributed by atoms with E-state index >= 15 is 0 Å². The predicted molar refractivity (Wildman–Crippen MR) is 75.1 cm³/mol. The van der Waals surface area contributed by atoms with E-state index in [2.05, 4.69) is 26.2 Å². The fraction of sp³-hybridized carbons (Fsp3) is 0.571. The number of anilines is 1. The van der Waals surface area contributed by atoms with Gasteiger partial charge in [-0.2, -0.15) is 5.10 Å². The summed E-state index contributed by atoms with van der Waals surface area (Å²) >= 11 is 0. The highest BCUT2D eigenvalue weighted by Gasteiger charge is 2.17. The SMILES string of the molecule is c1cnn(CCNc2nccn2C2CCCCC2)c1. The molecule has 0 unspecified atom stereocenters. The van der Waals surface area contributed by atoms with E-state index in [1.807, 2.05) is 29.3 Å². The number of imidazole rings is 1. The van der Waals surface area contributed by atoms with E-state index in [1.165, 1.54) is 32.1 Å². The highest BCUT2D eigenvalue weighted by molar-refractivity contribution is 5.26. The molecule has 1 N–H and O–H groups in total. The highest BCUT2D eigenvalue weighted by Crippen LogP contribution is 2.29. The lowest BCUT2D eigenvalue weighted by Gasteiger charge is -2.24. The van der Waals surface area contributed by atoms with E-state index in [9.17, 15) is 0 Å². The van der Waals surface area contributed by atoms with Crippen molar-refractivity contribution in [2.75, 3.05) is 11.9 Å². The summed E-state index contributed by atoms with van der Waals surface area (Å²) in [6, 6.07) is 2.58. The molecule has 2 heterocycles. The minimum Gasteiger partial charge on any atom is -0.354 e. The molecule has 1 fully saturated rings. The van der Waals surface area contributed by atoms with Crippen LogP contribution in [0.1, 0.15) is 38.1 Å². The minimum absolute atomic E-state index is 0.628. The smallest absolute Gasteiger partial charge is 0.203 e. The summed E-state index contributed by atoms with van der Waals surface area (Å²) in [7, 11) is 0. The maximum absolute atomic E-state index is 4.43. The van der Waals surface area contributed by atoms with Crippen molar-refractivity contribution in [3.05, 3.63) is 30.9 Å². The largest absolute Gasteiger partial charge is 0.354 e. The third kappa shape index (κ3) is 2.97. The molecule has 5 heteroatoms. The Morgan fingerprint density at radius 1 is 1.16 bits per heavy atom. The van der Waals surface area contributed by atoms with Crippen LogP contribution in [0.2, 0.25) is 0 Å². The Morgan fingerprint density at radius 2 is 2.05 bits per heavy atom. The molecule has 1 aliphatic carbocycles. The summed E-state index contributed by atoms with van der Waals surface area (Å²) in [6.45, 7) is 1.72. The average molecular weight is 259 g/mol. The number of hydrogen-bond donors (Lipinski definition) is 1. The number of nitrogens with zero attached hydrogens (tertiary/aromatic N) is 4. The maximum atomic E-state index is 4.43. The Morgan fingerprint density at radius 3 is 2.84 bits per heavy atom. The van der Waals surface area contributed by atoms with Crippen LogP contribution in [0.5, 0.6) is 0 Å². The van der Waals surface area contributed by atoms with Gasteiger partial charge in [0.05, 0.1) is 6.54 Å². The molecule has 0 radical (unpaired) electrons. The van der Waals surface area contributed by atoms with Crippen molar-refractivity contribution in [3.8, 4) is 0 Å². The highest BCUT2D eigenvalue weighted by atomic mass is 15.3. The zero-order chi connectivity index (χ0) is 12.9. The molecule has 5 nitrogen and oxygen atoms in total. The Balaban J connectivity index is 1.57. The number of hydrogen-bond acceptors (Lipinski definition) is 3. The van der Waals surface area contributed by atoms with Crippen molar-refractivity contribution < 1.29 is 0 Å². The summed E-state index contributed by atoms with van der Waals surface area (Å²) in [5.41, 5.74) is 0. The van der Waals surface area contributed by atoms with Crippen molar-refractivity contribution in [2.24, 2.45) is 0 Å². The lowest BCUT2D eigenvalue weighted by atomic mass is 9.95.